The van der Waals surface area contributed by atoms with Crippen molar-refractivity contribution in [1.29, 1.82) is 0 Å². The van der Waals surface area contributed by atoms with Gasteiger partial charge in [-0.25, -0.2) is 9.69 Å². The molecule has 6 nitrogen and oxygen atoms in total. The molecular weight excluding hydrogens is 440 g/mol. The van der Waals surface area contributed by atoms with Crippen LogP contribution in [-0.2, 0) is 19.0 Å². The Morgan fingerprint density at radius 2 is 2.00 bits per heavy atom. The van der Waals surface area contributed by atoms with E-state index in [1.54, 1.807) is 7.11 Å². The van der Waals surface area contributed by atoms with Gasteiger partial charge in [-0.05, 0) is 30.6 Å². The van der Waals surface area contributed by atoms with E-state index in [2.05, 4.69) is 0 Å². The lowest BCUT2D eigenvalue weighted by atomic mass is 9.67. The second-order valence-electron chi connectivity index (χ2n) is 7.91. The van der Waals surface area contributed by atoms with Gasteiger partial charge in [0.1, 0.15) is 0 Å². The van der Waals surface area contributed by atoms with Gasteiger partial charge in [-0.3, -0.25) is 4.79 Å². The summed E-state index contributed by atoms with van der Waals surface area (Å²) in [5.74, 6) is -0.109. The minimum Gasteiger partial charge on any atom is -0.438 e. The van der Waals surface area contributed by atoms with Crippen molar-refractivity contribution < 1.29 is 23.8 Å². The first kappa shape index (κ1) is 21.7. The van der Waals surface area contributed by atoms with Crippen LogP contribution in [0.1, 0.15) is 33.1 Å². The van der Waals surface area contributed by atoms with Crippen molar-refractivity contribution in [3.8, 4) is 0 Å². The molecular formula is C17H23Cl4NO5. The predicted octanol–water partition coefficient (Wildman–Crippen LogP) is 4.13. The van der Waals surface area contributed by atoms with Gasteiger partial charge in [-0.1, -0.05) is 60.3 Å². The number of hydrogen-bond acceptors (Lipinski definition) is 5. The molecule has 0 N–H and O–H groups in total. The van der Waals surface area contributed by atoms with Crippen LogP contribution in [0, 0.1) is 16.7 Å². The standard InChI is InChI=1S/C17H23Cl4NO5/c1-15(2)9-4-5-16(15,10(8-9)26-7-6-25-3)13(23)22-12(18)11(17(19,20)21)27-14(22)24/h9-12H,4-8H2,1-3H3/t9-,10-,11-,12-,16+/m1/s1. The van der Waals surface area contributed by atoms with Crippen LogP contribution < -0.4 is 0 Å². The van der Waals surface area contributed by atoms with Gasteiger partial charge >= 0.3 is 6.09 Å². The monoisotopic (exact) mass is 461 g/mol. The molecule has 0 aromatic rings. The number of ether oxygens (including phenoxy) is 3. The Balaban J connectivity index is 1.91. The molecule has 1 saturated heterocycles. The van der Waals surface area contributed by atoms with Crippen molar-refractivity contribution in [2.75, 3.05) is 20.3 Å². The summed E-state index contributed by atoms with van der Waals surface area (Å²) in [5, 5.41) is 0. The molecule has 2 aliphatic carbocycles. The fraction of sp³-hybridized carbons (Fsp3) is 0.882. The van der Waals surface area contributed by atoms with Crippen molar-refractivity contribution in [3.63, 3.8) is 0 Å². The van der Waals surface area contributed by atoms with Crippen molar-refractivity contribution in [2.24, 2.45) is 16.7 Å². The van der Waals surface area contributed by atoms with Crippen LogP contribution >= 0.6 is 46.4 Å². The summed E-state index contributed by atoms with van der Waals surface area (Å²) in [6.45, 7) is 4.87. The van der Waals surface area contributed by atoms with Crippen molar-refractivity contribution in [1.82, 2.24) is 4.90 Å². The second kappa shape index (κ2) is 7.37. The van der Waals surface area contributed by atoms with E-state index in [-0.39, 0.29) is 11.5 Å². The summed E-state index contributed by atoms with van der Waals surface area (Å²) in [4.78, 5) is 27.0. The summed E-state index contributed by atoms with van der Waals surface area (Å²) in [5.41, 5.74) is -2.46. The maximum Gasteiger partial charge on any atom is 0.418 e. The molecule has 3 fully saturated rings. The highest BCUT2D eigenvalue weighted by atomic mass is 35.6. The number of halogens is 4. The van der Waals surface area contributed by atoms with E-state index in [1.807, 2.05) is 13.8 Å². The van der Waals surface area contributed by atoms with Crippen LogP contribution in [0.2, 0.25) is 0 Å². The van der Waals surface area contributed by atoms with Crippen LogP contribution in [0.4, 0.5) is 4.79 Å². The molecule has 0 aromatic heterocycles. The molecule has 2 amide bonds. The van der Waals surface area contributed by atoms with Crippen LogP contribution in [-0.4, -0.2) is 58.7 Å². The molecule has 154 valence electrons. The molecule has 5 atom stereocenters. The number of imide groups is 1. The minimum absolute atomic E-state index is 0.311. The van der Waals surface area contributed by atoms with E-state index in [4.69, 9.17) is 60.6 Å². The Morgan fingerprint density at radius 1 is 1.33 bits per heavy atom. The molecule has 27 heavy (non-hydrogen) atoms. The third-order valence-electron chi connectivity index (χ3n) is 6.56. The molecule has 0 spiro atoms. The van der Waals surface area contributed by atoms with Gasteiger partial charge in [0.2, 0.25) is 9.70 Å². The Hall–Kier alpha value is 0.0200. The highest BCUT2D eigenvalue weighted by molar-refractivity contribution is 6.68. The number of fused-ring (bicyclic) bond motifs is 2. The van der Waals surface area contributed by atoms with Crippen LogP contribution in [0.5, 0.6) is 0 Å². The van der Waals surface area contributed by atoms with Crippen LogP contribution in [0.3, 0.4) is 0 Å². The lowest BCUT2D eigenvalue weighted by Crippen LogP contribution is -2.56. The van der Waals surface area contributed by atoms with Crippen molar-refractivity contribution >= 4 is 58.4 Å². The molecule has 3 rings (SSSR count). The predicted molar refractivity (Wildman–Crippen MR) is 102 cm³/mol. The molecule has 2 bridgehead atoms. The molecule has 3 aliphatic rings. The number of methoxy groups -OCH3 is 1. The van der Waals surface area contributed by atoms with Gasteiger partial charge in [0.25, 0.3) is 0 Å². The Morgan fingerprint density at radius 3 is 2.52 bits per heavy atom. The van der Waals surface area contributed by atoms with Crippen molar-refractivity contribution in [3.05, 3.63) is 0 Å². The van der Waals surface area contributed by atoms with E-state index in [0.717, 1.165) is 17.7 Å². The van der Waals surface area contributed by atoms with Gasteiger partial charge in [0.15, 0.2) is 11.6 Å². The lowest BCUT2D eigenvalue weighted by molar-refractivity contribution is -0.156. The number of nitrogens with zero attached hydrogens (tertiary/aromatic N) is 1. The van der Waals surface area contributed by atoms with E-state index < -0.39 is 32.8 Å². The molecule has 10 heteroatoms. The van der Waals surface area contributed by atoms with Crippen LogP contribution in [0.15, 0.2) is 0 Å². The van der Waals surface area contributed by atoms with E-state index in [1.165, 1.54) is 0 Å². The van der Waals surface area contributed by atoms with Gasteiger partial charge in [0, 0.05) is 7.11 Å². The Bertz CT molecular complexity index is 625. The van der Waals surface area contributed by atoms with Gasteiger partial charge in [0.05, 0.1) is 24.7 Å². The Labute approximate surface area is 178 Å². The summed E-state index contributed by atoms with van der Waals surface area (Å²) >= 11 is 23.9. The van der Waals surface area contributed by atoms with Gasteiger partial charge in [-0.2, -0.15) is 0 Å². The second-order valence-corrected chi connectivity index (χ2v) is 10.7. The fourth-order valence-corrected chi connectivity index (χ4v) is 6.09. The summed E-state index contributed by atoms with van der Waals surface area (Å²) < 4.78 is 14.2. The van der Waals surface area contributed by atoms with Crippen molar-refractivity contribution in [2.45, 2.75) is 54.6 Å². The first-order chi connectivity index (χ1) is 12.5. The SMILES string of the molecule is COCCO[C@@H]1C[C@H]2CC[C@]1(C(=O)N1C(=O)O[C@@H](C(Cl)(Cl)Cl)[C@@H]1Cl)C2(C)C. The number of hydrogen-bond donors (Lipinski definition) is 0. The van der Waals surface area contributed by atoms with Crippen LogP contribution in [0.25, 0.3) is 0 Å². The third-order valence-corrected chi connectivity index (χ3v) is 7.63. The van der Waals surface area contributed by atoms with Gasteiger partial charge < -0.3 is 14.2 Å². The zero-order valence-electron chi connectivity index (χ0n) is 15.3. The molecule has 1 aliphatic heterocycles. The average Bonchev–Trinajstić information content (AvgIpc) is 3.09. The average molecular weight is 463 g/mol. The molecule has 0 aromatic carbocycles. The zero-order valence-corrected chi connectivity index (χ0v) is 18.4. The summed E-state index contributed by atoms with van der Waals surface area (Å²) in [6, 6.07) is 0. The third kappa shape index (κ3) is 3.24. The smallest absolute Gasteiger partial charge is 0.418 e. The maximum absolute atomic E-state index is 13.7. The maximum atomic E-state index is 13.7. The molecule has 2 saturated carbocycles. The molecule has 0 radical (unpaired) electrons. The number of cyclic esters (lactones) is 1. The quantitative estimate of drug-likeness (QED) is 0.349. The highest BCUT2D eigenvalue weighted by Gasteiger charge is 2.71. The first-order valence-electron chi connectivity index (χ1n) is 8.84. The molecule has 0 unspecified atom stereocenters. The van der Waals surface area contributed by atoms with E-state index >= 15 is 0 Å². The Kier molecular flexibility index (Phi) is 5.93. The number of amides is 2. The minimum atomic E-state index is -1.94. The number of rotatable bonds is 5. The number of alkyl halides is 4. The van der Waals surface area contributed by atoms with Gasteiger partial charge in [-0.15, -0.1) is 0 Å². The number of carbonyl (C=O) groups excluding carboxylic acids is 2. The summed E-state index contributed by atoms with van der Waals surface area (Å²) in [7, 11) is 1.59. The number of carbonyl (C=O) groups is 2. The highest BCUT2D eigenvalue weighted by Crippen LogP contribution is 2.67. The fourth-order valence-electron chi connectivity index (χ4n) is 4.99. The zero-order chi connectivity index (χ0) is 20.2. The first-order valence-corrected chi connectivity index (χ1v) is 10.4. The summed E-state index contributed by atoms with van der Waals surface area (Å²) in [6.07, 6.45) is -0.248. The van der Waals surface area contributed by atoms with E-state index in [9.17, 15) is 9.59 Å². The molecule has 1 heterocycles. The largest absolute Gasteiger partial charge is 0.438 e. The van der Waals surface area contributed by atoms with E-state index in [0.29, 0.717) is 25.6 Å². The lowest BCUT2D eigenvalue weighted by Gasteiger charge is -2.42. The topological polar surface area (TPSA) is 65.1 Å². The normalized spacial score (nSPS) is 37.7.